The molecule has 0 bridgehead atoms. The Morgan fingerprint density at radius 1 is 1.25 bits per heavy atom. The molecule has 0 aromatic heterocycles. The van der Waals surface area contributed by atoms with E-state index in [9.17, 15) is 4.79 Å². The molecular weight excluding hydrogens is 250 g/mol. The topological polar surface area (TPSA) is 44.7 Å². The van der Waals surface area contributed by atoms with Gasteiger partial charge >= 0.3 is 0 Å². The van der Waals surface area contributed by atoms with Crippen molar-refractivity contribution in [1.29, 1.82) is 0 Å². The van der Waals surface area contributed by atoms with Gasteiger partial charge in [0, 0.05) is 24.7 Å². The van der Waals surface area contributed by atoms with Gasteiger partial charge in [0.25, 0.3) is 0 Å². The summed E-state index contributed by atoms with van der Waals surface area (Å²) in [6.45, 7) is 5.97. The molecule has 1 saturated heterocycles. The van der Waals surface area contributed by atoms with E-state index in [0.717, 1.165) is 11.3 Å². The van der Waals surface area contributed by atoms with Gasteiger partial charge in [-0.15, -0.1) is 0 Å². The molecule has 0 unspecified atom stereocenters. The first-order chi connectivity index (χ1) is 9.56. The third-order valence-electron chi connectivity index (χ3n) is 3.72. The van der Waals surface area contributed by atoms with Gasteiger partial charge in [0.1, 0.15) is 0 Å². The summed E-state index contributed by atoms with van der Waals surface area (Å²) in [5.74, 6) is -0.0533. The van der Waals surface area contributed by atoms with Crippen molar-refractivity contribution in [2.45, 2.75) is 52.1 Å². The Balaban J connectivity index is 2.01. The van der Waals surface area contributed by atoms with Crippen molar-refractivity contribution in [3.8, 4) is 0 Å². The van der Waals surface area contributed by atoms with Crippen LogP contribution in [0.1, 0.15) is 45.6 Å². The van der Waals surface area contributed by atoms with E-state index in [2.05, 4.69) is 29.3 Å². The molecule has 4 nitrogen and oxygen atoms in total. The van der Waals surface area contributed by atoms with Crippen LogP contribution in [0.2, 0.25) is 0 Å². The van der Waals surface area contributed by atoms with Crippen molar-refractivity contribution in [3.63, 3.8) is 0 Å². The van der Waals surface area contributed by atoms with Crippen LogP contribution in [0.4, 0.5) is 5.69 Å². The van der Waals surface area contributed by atoms with Crippen LogP contribution in [0.5, 0.6) is 0 Å². The molecule has 0 radical (unpaired) electrons. The summed E-state index contributed by atoms with van der Waals surface area (Å²) in [4.78, 5) is 11.0. The van der Waals surface area contributed by atoms with Crippen LogP contribution in [0.15, 0.2) is 29.4 Å². The van der Waals surface area contributed by atoms with Crippen molar-refractivity contribution < 1.29 is 4.79 Å². The fourth-order valence-corrected chi connectivity index (χ4v) is 2.62. The summed E-state index contributed by atoms with van der Waals surface area (Å²) in [6.07, 6.45) is 5.61. The van der Waals surface area contributed by atoms with E-state index in [1.807, 2.05) is 30.5 Å². The van der Waals surface area contributed by atoms with Crippen molar-refractivity contribution in [1.82, 2.24) is 5.01 Å². The normalized spacial score (nSPS) is 23.1. The maximum atomic E-state index is 11.0. The molecule has 0 saturated carbocycles. The number of hydrogen-bond acceptors (Lipinski definition) is 3. The first-order valence-electron chi connectivity index (χ1n) is 7.26. The second kappa shape index (κ2) is 6.55. The SMILES string of the molecule is CC(=O)Nc1ccc(/C=N\N2[C@H](C)CCC[C@H]2C)cc1. The van der Waals surface area contributed by atoms with Crippen LogP contribution < -0.4 is 5.32 Å². The highest BCUT2D eigenvalue weighted by Gasteiger charge is 2.22. The molecule has 1 heterocycles. The number of carbonyl (C=O) groups excluding carboxylic acids is 1. The van der Waals surface area contributed by atoms with E-state index in [0.29, 0.717) is 12.1 Å². The van der Waals surface area contributed by atoms with E-state index >= 15 is 0 Å². The van der Waals surface area contributed by atoms with E-state index < -0.39 is 0 Å². The molecule has 1 N–H and O–H groups in total. The monoisotopic (exact) mass is 273 g/mol. The molecule has 1 aromatic carbocycles. The van der Waals surface area contributed by atoms with E-state index in [1.165, 1.54) is 26.2 Å². The molecule has 0 spiro atoms. The van der Waals surface area contributed by atoms with E-state index in [4.69, 9.17) is 0 Å². The Bertz CT molecular complexity index is 471. The molecular formula is C16H23N3O. The number of carbonyl (C=O) groups is 1. The largest absolute Gasteiger partial charge is 0.326 e. The summed E-state index contributed by atoms with van der Waals surface area (Å²) in [6, 6.07) is 8.74. The Kier molecular flexibility index (Phi) is 4.77. The zero-order valence-corrected chi connectivity index (χ0v) is 12.5. The second-order valence-corrected chi connectivity index (χ2v) is 5.56. The van der Waals surface area contributed by atoms with Gasteiger partial charge in [-0.3, -0.25) is 9.80 Å². The van der Waals surface area contributed by atoms with Gasteiger partial charge in [0.15, 0.2) is 0 Å². The predicted octanol–water partition coefficient (Wildman–Crippen LogP) is 3.24. The molecule has 0 aliphatic carbocycles. The van der Waals surface area contributed by atoms with Crippen LogP contribution in [-0.4, -0.2) is 29.2 Å². The van der Waals surface area contributed by atoms with Gasteiger partial charge in [-0.1, -0.05) is 12.1 Å². The number of hydrogen-bond donors (Lipinski definition) is 1. The molecule has 20 heavy (non-hydrogen) atoms. The predicted molar refractivity (Wildman–Crippen MR) is 83.0 cm³/mol. The highest BCUT2D eigenvalue weighted by molar-refractivity contribution is 5.89. The fraction of sp³-hybridized carbons (Fsp3) is 0.500. The number of anilines is 1. The van der Waals surface area contributed by atoms with Gasteiger partial charge in [0.2, 0.25) is 5.91 Å². The molecule has 2 atom stereocenters. The fourth-order valence-electron chi connectivity index (χ4n) is 2.62. The van der Waals surface area contributed by atoms with Crippen molar-refractivity contribution in [3.05, 3.63) is 29.8 Å². The lowest BCUT2D eigenvalue weighted by Gasteiger charge is -2.36. The lowest BCUT2D eigenvalue weighted by molar-refractivity contribution is -0.114. The van der Waals surface area contributed by atoms with E-state index in [1.54, 1.807) is 0 Å². The summed E-state index contributed by atoms with van der Waals surface area (Å²) >= 11 is 0. The van der Waals surface area contributed by atoms with E-state index in [-0.39, 0.29) is 5.91 Å². The van der Waals surface area contributed by atoms with Gasteiger partial charge in [-0.25, -0.2) is 0 Å². The Labute approximate surface area is 120 Å². The maximum absolute atomic E-state index is 11.0. The summed E-state index contributed by atoms with van der Waals surface area (Å²) in [5.41, 5.74) is 1.86. The quantitative estimate of drug-likeness (QED) is 0.859. The minimum atomic E-state index is -0.0533. The van der Waals surface area contributed by atoms with Crippen molar-refractivity contribution >= 4 is 17.8 Å². The summed E-state index contributed by atoms with van der Waals surface area (Å²) in [5, 5.41) is 9.58. The van der Waals surface area contributed by atoms with Crippen LogP contribution in [0.3, 0.4) is 0 Å². The standard InChI is InChI=1S/C16H23N3O/c1-12-5-4-6-13(2)19(12)17-11-15-7-9-16(10-8-15)18-14(3)20/h7-13H,4-6H2,1-3H3,(H,18,20)/b17-11-/t12-,13-/m1/s1. The summed E-state index contributed by atoms with van der Waals surface area (Å²) < 4.78 is 0. The second-order valence-electron chi connectivity index (χ2n) is 5.56. The number of benzene rings is 1. The minimum absolute atomic E-state index is 0.0533. The minimum Gasteiger partial charge on any atom is -0.326 e. The number of rotatable bonds is 3. The van der Waals surface area contributed by atoms with Gasteiger partial charge in [0.05, 0.1) is 6.21 Å². The van der Waals surface area contributed by atoms with Crippen LogP contribution in [-0.2, 0) is 4.79 Å². The Morgan fingerprint density at radius 2 is 1.85 bits per heavy atom. The first kappa shape index (κ1) is 14.6. The molecule has 1 aromatic rings. The summed E-state index contributed by atoms with van der Waals surface area (Å²) in [7, 11) is 0. The molecule has 1 amide bonds. The maximum Gasteiger partial charge on any atom is 0.221 e. The average Bonchev–Trinajstić information content (AvgIpc) is 2.39. The van der Waals surface area contributed by atoms with Crippen LogP contribution >= 0.6 is 0 Å². The van der Waals surface area contributed by atoms with Gasteiger partial charge in [-0.2, -0.15) is 5.10 Å². The third-order valence-corrected chi connectivity index (χ3v) is 3.72. The van der Waals surface area contributed by atoms with Crippen molar-refractivity contribution in [2.24, 2.45) is 5.10 Å². The average molecular weight is 273 g/mol. The lowest BCUT2D eigenvalue weighted by atomic mass is 10.00. The Hall–Kier alpha value is -1.84. The Morgan fingerprint density at radius 3 is 2.40 bits per heavy atom. The zero-order chi connectivity index (χ0) is 14.5. The highest BCUT2D eigenvalue weighted by Crippen LogP contribution is 2.22. The third kappa shape index (κ3) is 3.83. The molecule has 2 rings (SSSR count). The first-order valence-corrected chi connectivity index (χ1v) is 7.26. The molecule has 1 fully saturated rings. The van der Waals surface area contributed by atoms with Gasteiger partial charge in [-0.05, 0) is 50.8 Å². The zero-order valence-electron chi connectivity index (χ0n) is 12.5. The smallest absolute Gasteiger partial charge is 0.221 e. The molecule has 1 aliphatic rings. The van der Waals surface area contributed by atoms with Crippen LogP contribution in [0, 0.1) is 0 Å². The molecule has 108 valence electrons. The number of amides is 1. The van der Waals surface area contributed by atoms with Gasteiger partial charge < -0.3 is 5.32 Å². The number of nitrogens with zero attached hydrogens (tertiary/aromatic N) is 2. The lowest BCUT2D eigenvalue weighted by Crippen LogP contribution is -2.39. The number of hydrazone groups is 1. The number of piperidine rings is 1. The molecule has 1 aliphatic heterocycles. The number of nitrogens with one attached hydrogen (secondary N) is 1. The van der Waals surface area contributed by atoms with Crippen molar-refractivity contribution in [2.75, 3.05) is 5.32 Å². The van der Waals surface area contributed by atoms with Crippen LogP contribution in [0.25, 0.3) is 0 Å². The molecule has 4 heteroatoms. The highest BCUT2D eigenvalue weighted by atomic mass is 16.1.